The number of benzene rings is 2. The van der Waals surface area contributed by atoms with E-state index >= 15 is 4.39 Å². The smallest absolute Gasteiger partial charge is 0.262 e. The molecule has 1 unspecified atom stereocenters. The molecular weight excluding hydrogens is 736 g/mol. The molecule has 2 N–H and O–H groups in total. The van der Waals surface area contributed by atoms with Crippen LogP contribution in [-0.2, 0) is 9.59 Å². The molecule has 1 saturated carbocycles. The maximum atomic E-state index is 16.1. The second-order valence-electron chi connectivity index (χ2n) is 15.9. The van der Waals surface area contributed by atoms with Crippen LogP contribution in [0.2, 0.25) is 0 Å². The van der Waals surface area contributed by atoms with E-state index in [1.807, 2.05) is 27.9 Å². The zero-order valence-electron chi connectivity index (χ0n) is 30.9. The number of amides is 5. The Morgan fingerprint density at radius 3 is 2.60 bits per heavy atom. The van der Waals surface area contributed by atoms with Crippen molar-refractivity contribution in [3.8, 4) is 5.75 Å². The maximum absolute atomic E-state index is 16.1. The minimum Gasteiger partial charge on any atom is -0.491 e. The van der Waals surface area contributed by atoms with Crippen LogP contribution in [-0.4, -0.2) is 115 Å². The summed E-state index contributed by atoms with van der Waals surface area (Å²) in [4.78, 5) is 73.1. The molecule has 57 heavy (non-hydrogen) atoms. The lowest BCUT2D eigenvalue weighted by Crippen LogP contribution is -2.64. The molecule has 0 bridgehead atoms. The van der Waals surface area contributed by atoms with E-state index in [9.17, 15) is 24.0 Å². The summed E-state index contributed by atoms with van der Waals surface area (Å²) in [6, 6.07) is 9.45. The Hall–Kier alpha value is -6.23. The van der Waals surface area contributed by atoms with Gasteiger partial charge in [-0.05, 0) is 68.4 Å². The number of anilines is 2. The highest BCUT2D eigenvalue weighted by molar-refractivity contribution is 6.23. The first-order valence-corrected chi connectivity index (χ1v) is 19.4. The largest absolute Gasteiger partial charge is 0.491 e. The summed E-state index contributed by atoms with van der Waals surface area (Å²) >= 11 is 0. The summed E-state index contributed by atoms with van der Waals surface area (Å²) in [5.41, 5.74) is 1.69. The minimum absolute atomic E-state index is 0.0460. The molecule has 4 fully saturated rings. The van der Waals surface area contributed by atoms with E-state index in [1.54, 1.807) is 41.2 Å². The number of piperidine rings is 2. The first-order valence-electron chi connectivity index (χ1n) is 19.4. The van der Waals surface area contributed by atoms with Crippen LogP contribution in [0.3, 0.4) is 0 Å². The number of imide groups is 2. The highest BCUT2D eigenvalue weighted by atomic mass is 19.1. The van der Waals surface area contributed by atoms with Crippen LogP contribution < -0.4 is 20.3 Å². The number of carbonyl (C=O) groups is 5. The normalized spacial score (nSPS) is 21.2. The Bertz CT molecular complexity index is 2500. The monoisotopic (exact) mass is 774 g/mol. The predicted molar refractivity (Wildman–Crippen MR) is 203 cm³/mol. The molecule has 1 atom stereocenters. The van der Waals surface area contributed by atoms with Gasteiger partial charge in [-0.15, -0.1) is 0 Å². The van der Waals surface area contributed by atoms with E-state index in [4.69, 9.17) is 9.84 Å². The van der Waals surface area contributed by atoms with Gasteiger partial charge in [0.2, 0.25) is 11.8 Å². The van der Waals surface area contributed by atoms with Gasteiger partial charge < -0.3 is 15.0 Å². The van der Waals surface area contributed by atoms with Crippen LogP contribution in [0.15, 0.2) is 61.2 Å². The zero-order chi connectivity index (χ0) is 39.0. The van der Waals surface area contributed by atoms with Gasteiger partial charge in [-0.2, -0.15) is 10.2 Å². The van der Waals surface area contributed by atoms with Crippen LogP contribution in [0.5, 0.6) is 5.75 Å². The fraction of sp³-hybridized carbons (Fsp3) is 0.400. The van der Waals surface area contributed by atoms with Crippen molar-refractivity contribution >= 4 is 57.5 Å². The molecule has 3 saturated heterocycles. The molecule has 0 spiro atoms. The quantitative estimate of drug-likeness (QED) is 0.199. The van der Waals surface area contributed by atoms with Crippen molar-refractivity contribution in [3.63, 3.8) is 0 Å². The number of likely N-dealkylation sites (tertiary alicyclic amines) is 1. The molecule has 0 radical (unpaired) electrons. The number of halogens is 1. The Labute approximate surface area is 324 Å². The van der Waals surface area contributed by atoms with Crippen molar-refractivity contribution in [1.29, 1.82) is 0 Å². The van der Waals surface area contributed by atoms with Crippen molar-refractivity contribution in [2.75, 3.05) is 49.5 Å². The van der Waals surface area contributed by atoms with Crippen molar-refractivity contribution in [3.05, 3.63) is 77.9 Å². The number of rotatable bonds is 10. The number of ether oxygens (including phenoxy) is 1. The van der Waals surface area contributed by atoms with Crippen molar-refractivity contribution < 1.29 is 33.1 Å². The lowest BCUT2D eigenvalue weighted by Gasteiger charge is -2.48. The summed E-state index contributed by atoms with van der Waals surface area (Å²) in [5, 5.41) is 15.2. The van der Waals surface area contributed by atoms with E-state index in [2.05, 4.69) is 25.6 Å². The van der Waals surface area contributed by atoms with E-state index in [0.29, 0.717) is 53.9 Å². The van der Waals surface area contributed by atoms with Gasteiger partial charge in [-0.3, -0.25) is 43.8 Å². The van der Waals surface area contributed by atoms with Crippen LogP contribution in [0.1, 0.15) is 75.6 Å². The second kappa shape index (κ2) is 13.5. The number of nitrogens with one attached hydrogen (secondary N) is 2. The Morgan fingerprint density at radius 2 is 1.81 bits per heavy atom. The van der Waals surface area contributed by atoms with E-state index in [1.165, 1.54) is 6.20 Å². The number of alkyl halides is 1. The number of nitrogens with zero attached hydrogens (tertiary/aromatic N) is 8. The number of aromatic nitrogens is 5. The minimum atomic E-state index is -1.44. The zero-order valence-corrected chi connectivity index (χ0v) is 30.9. The Kier molecular flexibility index (Phi) is 8.31. The summed E-state index contributed by atoms with van der Waals surface area (Å²) < 4.78 is 25.8. The van der Waals surface area contributed by atoms with Gasteiger partial charge in [-0.25, -0.2) is 13.9 Å². The molecule has 292 valence electrons. The molecule has 5 aromatic rings. The number of hydrogen-bond donors (Lipinski definition) is 2. The standard InChI is InChI=1S/C40H39FN10O6/c41-40(21-48(22-40)26-4-5-27-28(15-26)39(56)51(38(27)55)32-6-7-34(52)45-37(32)54)20-47-12-8-25(9-13-47)50-18-24-14-31(33(16-30(24)46-50)57-19-23-2-3-23)44-36(53)29-17-43-49-11-1-10-42-35(29)49/h1,4-5,10-11,14-18,23,25,32H,2-3,6-9,12-13,19-22H2,(H,44,53)(H,45,52,54). The van der Waals surface area contributed by atoms with E-state index in [0.717, 1.165) is 41.5 Å². The third-order valence-corrected chi connectivity index (χ3v) is 11.7. The van der Waals surface area contributed by atoms with E-state index < -0.39 is 35.3 Å². The third-order valence-electron chi connectivity index (χ3n) is 11.7. The molecule has 5 amide bonds. The fourth-order valence-corrected chi connectivity index (χ4v) is 8.46. The Morgan fingerprint density at radius 1 is 1.00 bits per heavy atom. The van der Waals surface area contributed by atoms with Gasteiger partial charge in [0.15, 0.2) is 11.3 Å². The van der Waals surface area contributed by atoms with Crippen molar-refractivity contribution in [2.45, 2.75) is 56.3 Å². The molecule has 7 heterocycles. The van der Waals surface area contributed by atoms with Crippen molar-refractivity contribution in [1.82, 2.24) is 39.5 Å². The summed E-state index contributed by atoms with van der Waals surface area (Å²) in [6.07, 6.45) is 10.8. The Balaban J connectivity index is 0.770. The molecular formula is C40H39FN10O6. The first-order chi connectivity index (χ1) is 27.6. The number of carbonyl (C=O) groups excluding carboxylic acids is 5. The average Bonchev–Trinajstić information content (AvgIpc) is 3.68. The predicted octanol–water partition coefficient (Wildman–Crippen LogP) is 3.39. The van der Waals surface area contributed by atoms with Crippen LogP contribution >= 0.6 is 0 Å². The van der Waals surface area contributed by atoms with Crippen LogP contribution in [0.4, 0.5) is 15.8 Å². The number of hydrogen-bond acceptors (Lipinski definition) is 11. The molecule has 5 aliphatic rings. The molecule has 1 aliphatic carbocycles. The second-order valence-corrected chi connectivity index (χ2v) is 15.9. The van der Waals surface area contributed by atoms with Gasteiger partial charge in [-0.1, -0.05) is 0 Å². The molecule has 4 aliphatic heterocycles. The lowest BCUT2D eigenvalue weighted by molar-refractivity contribution is -0.136. The number of fused-ring (bicyclic) bond motifs is 3. The third kappa shape index (κ3) is 6.44. The SMILES string of the molecule is O=C1CCC(N2C(=O)c3ccc(N4CC(F)(CN5CCC(n6cc7cc(NC(=O)c8cnn9cccnc89)c(OCC8CC8)cc7n6)CC5)C4)cc3C2=O)C(=O)N1. The van der Waals surface area contributed by atoms with Crippen LogP contribution in [0.25, 0.3) is 16.6 Å². The van der Waals surface area contributed by atoms with Gasteiger partial charge in [0.1, 0.15) is 17.4 Å². The lowest BCUT2D eigenvalue weighted by atomic mass is 9.92. The summed E-state index contributed by atoms with van der Waals surface area (Å²) in [5.74, 6) is -1.51. The van der Waals surface area contributed by atoms with Gasteiger partial charge >= 0.3 is 0 Å². The average molecular weight is 775 g/mol. The first kappa shape index (κ1) is 35.2. The van der Waals surface area contributed by atoms with Gasteiger partial charge in [0, 0.05) is 61.8 Å². The molecule has 16 nitrogen and oxygen atoms in total. The van der Waals surface area contributed by atoms with Crippen LogP contribution in [0, 0.1) is 5.92 Å². The van der Waals surface area contributed by atoms with Crippen molar-refractivity contribution in [2.24, 2.45) is 5.92 Å². The molecule has 3 aromatic heterocycles. The maximum Gasteiger partial charge on any atom is 0.262 e. The summed E-state index contributed by atoms with van der Waals surface area (Å²) in [6.45, 7) is 2.53. The topological polar surface area (TPSA) is 176 Å². The van der Waals surface area contributed by atoms with E-state index in [-0.39, 0.29) is 55.6 Å². The molecule has 17 heteroatoms. The fourth-order valence-electron chi connectivity index (χ4n) is 8.46. The highest BCUT2D eigenvalue weighted by Gasteiger charge is 2.48. The highest BCUT2D eigenvalue weighted by Crippen LogP contribution is 2.38. The van der Waals surface area contributed by atoms with Gasteiger partial charge in [0.25, 0.3) is 17.7 Å². The molecule has 2 aromatic carbocycles. The molecule has 10 rings (SSSR count). The van der Waals surface area contributed by atoms with Gasteiger partial charge in [0.05, 0.1) is 54.3 Å². The summed E-state index contributed by atoms with van der Waals surface area (Å²) in [7, 11) is 0.